The number of fused-ring (bicyclic) bond motifs is 3. The number of likely N-dealkylation sites (tertiary alicyclic amines) is 1. The van der Waals surface area contributed by atoms with Crippen molar-refractivity contribution in [3.05, 3.63) is 48.0 Å². The standard InChI is InChI=1S/C23H23FN4O2S/c24-18-9-25-7-6-20(18)28-15-4-5-16(28)11-27(10-15)23(29)17-8-14(17)12-30-21-3-1-2-19-22(21)31-13-26-19/h1-3,6-7,9,13-17H,4-5,8,10-12H2/t14?,15-,16+,17?. The molecule has 2 bridgehead atoms. The first-order valence-corrected chi connectivity index (χ1v) is 11.7. The van der Waals surface area contributed by atoms with E-state index in [-0.39, 0.29) is 35.6 Å². The number of amides is 1. The summed E-state index contributed by atoms with van der Waals surface area (Å²) >= 11 is 1.58. The van der Waals surface area contributed by atoms with Crippen LogP contribution in [0.15, 0.2) is 42.2 Å². The first kappa shape index (κ1) is 19.0. The van der Waals surface area contributed by atoms with E-state index in [0.717, 1.165) is 35.2 Å². The van der Waals surface area contributed by atoms with Crippen molar-refractivity contribution in [1.29, 1.82) is 0 Å². The quantitative estimate of drug-likeness (QED) is 0.608. The van der Waals surface area contributed by atoms with Gasteiger partial charge in [0, 0.05) is 43.2 Å². The minimum Gasteiger partial charge on any atom is -0.492 e. The maximum absolute atomic E-state index is 14.3. The number of aromatic nitrogens is 2. The zero-order valence-corrected chi connectivity index (χ0v) is 17.8. The highest BCUT2D eigenvalue weighted by Crippen LogP contribution is 2.43. The van der Waals surface area contributed by atoms with Crippen LogP contribution in [0.1, 0.15) is 19.3 Å². The van der Waals surface area contributed by atoms with Crippen molar-refractivity contribution in [3.63, 3.8) is 0 Å². The van der Waals surface area contributed by atoms with Gasteiger partial charge in [0.1, 0.15) is 5.75 Å². The molecule has 1 aliphatic carbocycles. The fraction of sp³-hybridized carbons (Fsp3) is 0.435. The van der Waals surface area contributed by atoms with Crippen LogP contribution in [0.25, 0.3) is 10.2 Å². The van der Waals surface area contributed by atoms with Gasteiger partial charge in [-0.1, -0.05) is 6.07 Å². The van der Waals surface area contributed by atoms with Gasteiger partial charge in [-0.25, -0.2) is 9.37 Å². The molecule has 6 nitrogen and oxygen atoms in total. The van der Waals surface area contributed by atoms with Gasteiger partial charge in [0.05, 0.1) is 34.2 Å². The summed E-state index contributed by atoms with van der Waals surface area (Å²) in [6.07, 6.45) is 5.77. The first-order chi connectivity index (χ1) is 15.2. The van der Waals surface area contributed by atoms with Crippen LogP contribution in [0.5, 0.6) is 5.75 Å². The molecule has 4 heterocycles. The first-order valence-electron chi connectivity index (χ1n) is 10.8. The van der Waals surface area contributed by atoms with Crippen LogP contribution >= 0.6 is 11.3 Å². The Hall–Kier alpha value is -2.74. The zero-order valence-electron chi connectivity index (χ0n) is 17.0. The summed E-state index contributed by atoms with van der Waals surface area (Å²) in [4.78, 5) is 25.5. The van der Waals surface area contributed by atoms with Gasteiger partial charge < -0.3 is 14.5 Å². The van der Waals surface area contributed by atoms with Gasteiger partial charge in [0.25, 0.3) is 0 Å². The summed E-state index contributed by atoms with van der Waals surface area (Å²) in [5.41, 5.74) is 3.39. The number of ether oxygens (including phenoxy) is 1. The van der Waals surface area contributed by atoms with Crippen molar-refractivity contribution < 1.29 is 13.9 Å². The molecule has 0 spiro atoms. The summed E-state index contributed by atoms with van der Waals surface area (Å²) in [7, 11) is 0. The van der Waals surface area contributed by atoms with Crippen molar-refractivity contribution in [2.75, 3.05) is 24.6 Å². The number of hydrogen-bond acceptors (Lipinski definition) is 6. The molecule has 2 unspecified atom stereocenters. The molecule has 2 aliphatic heterocycles. The monoisotopic (exact) mass is 438 g/mol. The fourth-order valence-electron chi connectivity index (χ4n) is 5.19. The Kier molecular flexibility index (Phi) is 4.56. The van der Waals surface area contributed by atoms with Crippen LogP contribution in [-0.4, -0.2) is 52.6 Å². The van der Waals surface area contributed by atoms with E-state index in [4.69, 9.17) is 4.74 Å². The summed E-state index contributed by atoms with van der Waals surface area (Å²) in [5, 5.41) is 0. The van der Waals surface area contributed by atoms with Crippen LogP contribution in [-0.2, 0) is 4.79 Å². The molecule has 3 aromatic rings. The summed E-state index contributed by atoms with van der Waals surface area (Å²) < 4.78 is 21.4. The molecule has 3 aliphatic rings. The molecule has 1 amide bonds. The fourth-order valence-corrected chi connectivity index (χ4v) is 5.95. The smallest absolute Gasteiger partial charge is 0.226 e. The molecule has 8 heteroatoms. The lowest BCUT2D eigenvalue weighted by Gasteiger charge is -2.42. The Morgan fingerprint density at radius 1 is 1.23 bits per heavy atom. The lowest BCUT2D eigenvalue weighted by atomic mass is 10.1. The highest BCUT2D eigenvalue weighted by Gasteiger charge is 2.49. The largest absolute Gasteiger partial charge is 0.492 e. The van der Waals surface area contributed by atoms with Crippen LogP contribution in [0.2, 0.25) is 0 Å². The number of hydrogen-bond donors (Lipinski definition) is 0. The minimum absolute atomic E-state index is 0.0456. The number of nitrogens with zero attached hydrogens (tertiary/aromatic N) is 4. The summed E-state index contributed by atoms with van der Waals surface area (Å²) in [5.74, 6) is 1.11. The van der Waals surface area contributed by atoms with E-state index in [1.165, 1.54) is 6.20 Å². The second-order valence-corrected chi connectivity index (χ2v) is 9.59. The number of thiazole rings is 1. The van der Waals surface area contributed by atoms with Crippen molar-refractivity contribution in [1.82, 2.24) is 14.9 Å². The molecule has 1 aromatic carbocycles. The van der Waals surface area contributed by atoms with Gasteiger partial charge in [0.2, 0.25) is 5.91 Å². The van der Waals surface area contributed by atoms with Gasteiger partial charge in [-0.2, -0.15) is 0 Å². The molecule has 31 heavy (non-hydrogen) atoms. The predicted octanol–water partition coefficient (Wildman–Crippen LogP) is 3.73. The molecule has 6 rings (SSSR count). The predicted molar refractivity (Wildman–Crippen MR) is 117 cm³/mol. The molecule has 4 atom stereocenters. The third kappa shape index (κ3) is 3.33. The molecule has 2 saturated heterocycles. The highest BCUT2D eigenvalue weighted by atomic mass is 32.1. The van der Waals surface area contributed by atoms with Crippen molar-refractivity contribution in [2.45, 2.75) is 31.3 Å². The molecule has 1 saturated carbocycles. The zero-order chi connectivity index (χ0) is 20.9. The third-order valence-electron chi connectivity index (χ3n) is 6.84. The van der Waals surface area contributed by atoms with Crippen LogP contribution in [0.3, 0.4) is 0 Å². The minimum atomic E-state index is -0.283. The Bertz CT molecular complexity index is 1120. The summed E-state index contributed by atoms with van der Waals surface area (Å²) in [6, 6.07) is 8.00. The topological polar surface area (TPSA) is 58.6 Å². The Labute approximate surface area is 183 Å². The number of benzene rings is 1. The van der Waals surface area contributed by atoms with Crippen LogP contribution < -0.4 is 9.64 Å². The number of carbonyl (C=O) groups excluding carboxylic acids is 1. The molecule has 0 N–H and O–H groups in total. The lowest BCUT2D eigenvalue weighted by molar-refractivity contribution is -0.134. The van der Waals surface area contributed by atoms with E-state index in [1.807, 2.05) is 28.6 Å². The Balaban J connectivity index is 1.08. The molecular weight excluding hydrogens is 415 g/mol. The number of piperazine rings is 1. The van der Waals surface area contributed by atoms with Gasteiger partial charge in [-0.15, -0.1) is 11.3 Å². The van der Waals surface area contributed by atoms with Crippen LogP contribution in [0.4, 0.5) is 10.1 Å². The van der Waals surface area contributed by atoms with Crippen molar-refractivity contribution in [3.8, 4) is 5.75 Å². The molecule has 160 valence electrons. The normalized spacial score (nSPS) is 27.0. The van der Waals surface area contributed by atoms with E-state index in [2.05, 4.69) is 14.9 Å². The molecule has 0 radical (unpaired) electrons. The second kappa shape index (κ2) is 7.44. The highest BCUT2D eigenvalue weighted by molar-refractivity contribution is 7.17. The molecular formula is C23H23FN4O2S. The van der Waals surface area contributed by atoms with Crippen molar-refractivity contribution >= 4 is 33.1 Å². The second-order valence-electron chi connectivity index (χ2n) is 8.73. The van der Waals surface area contributed by atoms with E-state index < -0.39 is 0 Å². The lowest BCUT2D eigenvalue weighted by Crippen LogP contribution is -2.56. The van der Waals surface area contributed by atoms with Crippen molar-refractivity contribution in [2.24, 2.45) is 11.8 Å². The van der Waals surface area contributed by atoms with E-state index in [1.54, 1.807) is 23.6 Å². The maximum atomic E-state index is 14.3. The maximum Gasteiger partial charge on any atom is 0.226 e. The van der Waals surface area contributed by atoms with E-state index in [9.17, 15) is 9.18 Å². The van der Waals surface area contributed by atoms with Gasteiger partial charge in [0.15, 0.2) is 5.82 Å². The SMILES string of the molecule is O=C(C1CC1COc1cccc2ncsc12)N1C[C@H]2CC[C@@H](C1)N2c1ccncc1F. The molecule has 3 fully saturated rings. The van der Waals surface area contributed by atoms with Gasteiger partial charge >= 0.3 is 0 Å². The number of carbonyl (C=O) groups is 1. The third-order valence-corrected chi connectivity index (χ3v) is 7.69. The Morgan fingerprint density at radius 3 is 2.87 bits per heavy atom. The number of halogens is 1. The van der Waals surface area contributed by atoms with Gasteiger partial charge in [-0.3, -0.25) is 9.78 Å². The van der Waals surface area contributed by atoms with E-state index >= 15 is 0 Å². The number of pyridine rings is 1. The number of rotatable bonds is 5. The van der Waals surface area contributed by atoms with E-state index in [0.29, 0.717) is 25.4 Å². The number of anilines is 1. The average molecular weight is 439 g/mol. The average Bonchev–Trinajstić information content (AvgIpc) is 3.31. The molecule has 2 aromatic heterocycles. The van der Waals surface area contributed by atoms with Gasteiger partial charge in [-0.05, 0) is 37.5 Å². The van der Waals surface area contributed by atoms with Crippen LogP contribution in [0, 0.1) is 17.7 Å². The summed E-state index contributed by atoms with van der Waals surface area (Å²) in [6.45, 7) is 1.89. The Morgan fingerprint density at radius 2 is 2.06 bits per heavy atom.